The molecular formula is C25H29NO2S. The van der Waals surface area contributed by atoms with Gasteiger partial charge in [0.2, 0.25) is 0 Å². The molecule has 1 saturated carbocycles. The second-order valence-corrected chi connectivity index (χ2v) is 9.06. The number of carbonyl (C=O) groups is 1. The first-order chi connectivity index (χ1) is 14.2. The Morgan fingerprint density at radius 3 is 2.83 bits per heavy atom. The highest BCUT2D eigenvalue weighted by Gasteiger charge is 2.26. The summed E-state index contributed by atoms with van der Waals surface area (Å²) in [5.74, 6) is 0.327. The first-order valence-electron chi connectivity index (χ1n) is 10.7. The Labute approximate surface area is 177 Å². The Balaban J connectivity index is 1.44. The van der Waals surface area contributed by atoms with Gasteiger partial charge in [-0.25, -0.2) is 4.79 Å². The lowest BCUT2D eigenvalue weighted by Crippen LogP contribution is -2.35. The van der Waals surface area contributed by atoms with E-state index in [2.05, 4.69) is 60.8 Å². The van der Waals surface area contributed by atoms with Crippen LogP contribution >= 0.6 is 11.3 Å². The number of ether oxygens (including phenoxy) is 1. The Morgan fingerprint density at radius 2 is 1.97 bits per heavy atom. The summed E-state index contributed by atoms with van der Waals surface area (Å²) in [5, 5.41) is 6.52. The molecule has 3 aromatic rings. The van der Waals surface area contributed by atoms with Crippen molar-refractivity contribution >= 4 is 28.1 Å². The van der Waals surface area contributed by atoms with Crippen LogP contribution < -0.4 is 5.32 Å². The zero-order valence-electron chi connectivity index (χ0n) is 17.2. The summed E-state index contributed by atoms with van der Waals surface area (Å²) < 4.78 is 5.15. The second kappa shape index (κ2) is 9.10. The normalized spacial score (nSPS) is 20.5. The molecule has 29 heavy (non-hydrogen) atoms. The van der Waals surface area contributed by atoms with Gasteiger partial charge in [-0.2, -0.15) is 0 Å². The summed E-state index contributed by atoms with van der Waals surface area (Å²) in [6, 6.07) is 20.0. The molecule has 0 bridgehead atoms. The molecule has 3 unspecified atom stereocenters. The first kappa shape index (κ1) is 20.1. The Kier molecular flexibility index (Phi) is 6.31. The molecule has 0 radical (unpaired) electrons. The summed E-state index contributed by atoms with van der Waals surface area (Å²) >= 11 is 1.60. The molecule has 4 heteroatoms. The van der Waals surface area contributed by atoms with Crippen LogP contribution in [0.2, 0.25) is 0 Å². The monoisotopic (exact) mass is 407 g/mol. The zero-order chi connectivity index (χ0) is 20.2. The lowest BCUT2D eigenvalue weighted by molar-refractivity contribution is 0.0532. The zero-order valence-corrected chi connectivity index (χ0v) is 18.0. The van der Waals surface area contributed by atoms with Crippen molar-refractivity contribution in [1.29, 1.82) is 0 Å². The third-order valence-electron chi connectivity index (χ3n) is 5.96. The van der Waals surface area contributed by atoms with E-state index in [9.17, 15) is 4.79 Å². The molecule has 3 atom stereocenters. The Hall–Kier alpha value is -2.17. The molecule has 1 aliphatic rings. The van der Waals surface area contributed by atoms with Crippen molar-refractivity contribution in [1.82, 2.24) is 5.32 Å². The fraction of sp³-hybridized carbons (Fsp3) is 0.400. The number of benzene rings is 2. The van der Waals surface area contributed by atoms with Crippen LogP contribution in [0.3, 0.4) is 0 Å². The van der Waals surface area contributed by atoms with Crippen molar-refractivity contribution in [2.75, 3.05) is 6.61 Å². The van der Waals surface area contributed by atoms with Crippen molar-refractivity contribution in [3.8, 4) is 0 Å². The smallest absolute Gasteiger partial charge is 0.348 e. The van der Waals surface area contributed by atoms with Crippen LogP contribution in [0.4, 0.5) is 0 Å². The molecule has 0 aliphatic heterocycles. The van der Waals surface area contributed by atoms with Crippen LogP contribution in [-0.4, -0.2) is 18.6 Å². The van der Waals surface area contributed by atoms with Gasteiger partial charge in [0.25, 0.3) is 0 Å². The number of nitrogens with one attached hydrogen (secondary N) is 1. The predicted octanol–water partition coefficient (Wildman–Crippen LogP) is 6.46. The number of hydrogen-bond donors (Lipinski definition) is 1. The molecule has 4 rings (SSSR count). The van der Waals surface area contributed by atoms with E-state index in [1.165, 1.54) is 40.5 Å². The van der Waals surface area contributed by atoms with E-state index in [1.807, 2.05) is 13.0 Å². The van der Waals surface area contributed by atoms with Crippen LogP contribution in [0.1, 0.15) is 71.6 Å². The summed E-state index contributed by atoms with van der Waals surface area (Å²) in [5.41, 5.74) is 1.37. The maximum atomic E-state index is 12.0. The molecule has 1 aliphatic carbocycles. The minimum absolute atomic E-state index is 0.196. The lowest BCUT2D eigenvalue weighted by atomic mass is 9.84. The standard InChI is InChI=1S/C25H29NO2S/c1-3-28-25(27)24-15-14-23(29-24)19-10-6-11-20(16-19)26-17(2)21-13-7-9-18-8-4-5-12-22(18)21/h4-5,7-9,12-15,17,19-20,26H,3,6,10-11,16H2,1-2H3. The Morgan fingerprint density at radius 1 is 1.14 bits per heavy atom. The van der Waals surface area contributed by atoms with Gasteiger partial charge in [0.15, 0.2) is 0 Å². The van der Waals surface area contributed by atoms with Crippen molar-refractivity contribution in [3.63, 3.8) is 0 Å². The molecule has 1 aromatic heterocycles. The fourth-order valence-corrected chi connectivity index (χ4v) is 5.60. The molecule has 1 heterocycles. The number of hydrogen-bond acceptors (Lipinski definition) is 4. The summed E-state index contributed by atoms with van der Waals surface area (Å²) in [4.78, 5) is 14.0. The number of carbonyl (C=O) groups excluding carboxylic acids is 1. The van der Waals surface area contributed by atoms with Crippen molar-refractivity contribution in [2.24, 2.45) is 0 Å². The van der Waals surface area contributed by atoms with Crippen molar-refractivity contribution in [2.45, 2.75) is 57.5 Å². The molecule has 0 spiro atoms. The van der Waals surface area contributed by atoms with E-state index in [1.54, 1.807) is 11.3 Å². The van der Waals surface area contributed by atoms with Crippen LogP contribution in [0.25, 0.3) is 10.8 Å². The number of thiophene rings is 1. The van der Waals surface area contributed by atoms with E-state index in [0.717, 1.165) is 11.3 Å². The molecule has 0 saturated heterocycles. The van der Waals surface area contributed by atoms with Gasteiger partial charge in [-0.05, 0) is 67.5 Å². The minimum atomic E-state index is -0.196. The second-order valence-electron chi connectivity index (χ2n) is 7.94. The van der Waals surface area contributed by atoms with Gasteiger partial charge in [0, 0.05) is 17.0 Å². The molecule has 152 valence electrons. The van der Waals surface area contributed by atoms with E-state index in [0.29, 0.717) is 24.6 Å². The topological polar surface area (TPSA) is 38.3 Å². The first-order valence-corrected chi connectivity index (χ1v) is 11.5. The maximum Gasteiger partial charge on any atom is 0.348 e. The van der Waals surface area contributed by atoms with Gasteiger partial charge in [-0.15, -0.1) is 11.3 Å². The molecular weight excluding hydrogens is 378 g/mol. The number of esters is 1. The molecule has 1 N–H and O–H groups in total. The van der Waals surface area contributed by atoms with Crippen LogP contribution in [-0.2, 0) is 4.74 Å². The van der Waals surface area contributed by atoms with Gasteiger partial charge in [-0.1, -0.05) is 48.9 Å². The van der Waals surface area contributed by atoms with Gasteiger partial charge in [-0.3, -0.25) is 0 Å². The third kappa shape index (κ3) is 4.54. The van der Waals surface area contributed by atoms with E-state index >= 15 is 0 Å². The highest BCUT2D eigenvalue weighted by atomic mass is 32.1. The molecule has 0 amide bonds. The average Bonchev–Trinajstić information content (AvgIpc) is 3.24. The van der Waals surface area contributed by atoms with E-state index in [4.69, 9.17) is 4.74 Å². The highest BCUT2D eigenvalue weighted by Crippen LogP contribution is 2.37. The summed E-state index contributed by atoms with van der Waals surface area (Å²) in [7, 11) is 0. The fourth-order valence-electron chi connectivity index (χ4n) is 4.56. The Bertz CT molecular complexity index is 974. The molecule has 1 fully saturated rings. The van der Waals surface area contributed by atoms with Crippen LogP contribution in [0, 0.1) is 0 Å². The lowest BCUT2D eigenvalue weighted by Gasteiger charge is -2.32. The van der Waals surface area contributed by atoms with Crippen molar-refractivity contribution < 1.29 is 9.53 Å². The van der Waals surface area contributed by atoms with Gasteiger partial charge < -0.3 is 10.1 Å². The van der Waals surface area contributed by atoms with Gasteiger partial charge in [0.1, 0.15) is 4.88 Å². The van der Waals surface area contributed by atoms with E-state index < -0.39 is 0 Å². The highest BCUT2D eigenvalue weighted by molar-refractivity contribution is 7.14. The SMILES string of the molecule is CCOC(=O)c1ccc(C2CCCC(NC(C)c3cccc4ccccc34)C2)s1. The largest absolute Gasteiger partial charge is 0.462 e. The van der Waals surface area contributed by atoms with Crippen LogP contribution in [0.15, 0.2) is 54.6 Å². The minimum Gasteiger partial charge on any atom is -0.462 e. The van der Waals surface area contributed by atoms with Crippen molar-refractivity contribution in [3.05, 3.63) is 69.9 Å². The van der Waals surface area contributed by atoms with Gasteiger partial charge >= 0.3 is 5.97 Å². The quantitative estimate of drug-likeness (QED) is 0.477. The van der Waals surface area contributed by atoms with Gasteiger partial charge in [0.05, 0.1) is 6.61 Å². The number of fused-ring (bicyclic) bond motifs is 1. The maximum absolute atomic E-state index is 12.0. The van der Waals surface area contributed by atoms with Crippen LogP contribution in [0.5, 0.6) is 0 Å². The number of rotatable bonds is 6. The van der Waals surface area contributed by atoms with E-state index in [-0.39, 0.29) is 5.97 Å². The molecule has 3 nitrogen and oxygen atoms in total. The predicted molar refractivity (Wildman–Crippen MR) is 121 cm³/mol. The average molecular weight is 408 g/mol. The molecule has 2 aromatic carbocycles. The third-order valence-corrected chi connectivity index (χ3v) is 7.18. The summed E-state index contributed by atoms with van der Waals surface area (Å²) in [6.07, 6.45) is 4.75. The summed E-state index contributed by atoms with van der Waals surface area (Å²) in [6.45, 7) is 4.55.